The van der Waals surface area contributed by atoms with Gasteiger partial charge in [0.1, 0.15) is 5.00 Å². The van der Waals surface area contributed by atoms with E-state index >= 15 is 0 Å². The summed E-state index contributed by atoms with van der Waals surface area (Å²) in [6, 6.07) is 0. The van der Waals surface area contributed by atoms with E-state index in [1.165, 1.54) is 16.5 Å². The van der Waals surface area contributed by atoms with Crippen molar-refractivity contribution < 1.29 is 0 Å². The lowest BCUT2D eigenvalue weighted by Gasteiger charge is -2.13. The molecule has 2 rings (SSSR count). The summed E-state index contributed by atoms with van der Waals surface area (Å²) in [5, 5.41) is 7.63. The summed E-state index contributed by atoms with van der Waals surface area (Å²) in [4.78, 5) is 0. The molecule has 0 bridgehead atoms. The first-order valence-electron chi connectivity index (χ1n) is 2.89. The highest BCUT2D eigenvalue weighted by Crippen LogP contribution is 2.27. The van der Waals surface area contributed by atoms with E-state index in [1.807, 2.05) is 6.20 Å². The molecule has 0 fully saturated rings. The van der Waals surface area contributed by atoms with Crippen molar-refractivity contribution in [3.63, 3.8) is 0 Å². The summed E-state index contributed by atoms with van der Waals surface area (Å²) in [5.74, 6) is 0. The smallest absolute Gasteiger partial charge is 0.132 e. The van der Waals surface area contributed by atoms with Crippen LogP contribution < -0.4 is 10.6 Å². The first-order valence-corrected chi connectivity index (χ1v) is 3.66. The monoisotopic (exact) mass is 141 g/mol. The molecular weight excluding hydrogens is 134 g/mol. The topological polar surface area (TPSA) is 37.0 Å². The normalized spacial score (nSPS) is 15.6. The molecule has 1 aromatic rings. The molecule has 0 saturated heterocycles. The number of hydrogen-bond donors (Lipinski definition) is 2. The fourth-order valence-corrected chi connectivity index (χ4v) is 1.52. The third kappa shape index (κ3) is 0.751. The molecule has 0 radical (unpaired) electrons. The number of rotatable bonds is 0. The van der Waals surface area contributed by atoms with Gasteiger partial charge >= 0.3 is 0 Å². The average molecular weight is 141 g/mol. The summed E-state index contributed by atoms with van der Waals surface area (Å²) in [5.41, 5.74) is 1.14. The summed E-state index contributed by atoms with van der Waals surface area (Å²) in [6.07, 6.45) is 1.85. The predicted molar refractivity (Wildman–Crippen MR) is 39.1 cm³/mol. The minimum absolute atomic E-state index is 1.01. The second-order valence-electron chi connectivity index (χ2n) is 1.92. The Morgan fingerprint density at radius 2 is 2.33 bits per heavy atom. The second-order valence-corrected chi connectivity index (χ2v) is 2.72. The van der Waals surface area contributed by atoms with Crippen LogP contribution >= 0.6 is 11.5 Å². The zero-order chi connectivity index (χ0) is 6.10. The fourth-order valence-electron chi connectivity index (χ4n) is 0.866. The zero-order valence-corrected chi connectivity index (χ0v) is 5.66. The molecule has 0 atom stereocenters. The van der Waals surface area contributed by atoms with Crippen molar-refractivity contribution in [1.29, 1.82) is 0 Å². The van der Waals surface area contributed by atoms with Crippen LogP contribution in [-0.2, 0) is 0 Å². The van der Waals surface area contributed by atoms with Crippen LogP contribution in [0.1, 0.15) is 0 Å². The summed E-state index contributed by atoms with van der Waals surface area (Å²) < 4.78 is 4.02. The van der Waals surface area contributed by atoms with Gasteiger partial charge in [0.2, 0.25) is 0 Å². The first kappa shape index (κ1) is 5.05. The summed E-state index contributed by atoms with van der Waals surface area (Å²) >= 11 is 1.50. The third-order valence-corrected chi connectivity index (χ3v) is 2.05. The molecular formula is C5H7N3S. The number of anilines is 2. The van der Waals surface area contributed by atoms with Gasteiger partial charge in [-0.15, -0.1) is 0 Å². The van der Waals surface area contributed by atoms with E-state index < -0.39 is 0 Å². The molecule has 1 aromatic heterocycles. The van der Waals surface area contributed by atoms with Gasteiger partial charge in [0.15, 0.2) is 0 Å². The highest BCUT2D eigenvalue weighted by molar-refractivity contribution is 7.10. The van der Waals surface area contributed by atoms with Crippen LogP contribution in [-0.4, -0.2) is 17.5 Å². The van der Waals surface area contributed by atoms with E-state index in [0.29, 0.717) is 0 Å². The molecule has 1 aliphatic heterocycles. The van der Waals surface area contributed by atoms with Gasteiger partial charge in [0.25, 0.3) is 0 Å². The van der Waals surface area contributed by atoms with Gasteiger partial charge in [-0.1, -0.05) is 0 Å². The summed E-state index contributed by atoms with van der Waals surface area (Å²) in [7, 11) is 0. The highest BCUT2D eigenvalue weighted by Gasteiger charge is 2.07. The molecule has 1 aliphatic rings. The summed E-state index contributed by atoms with van der Waals surface area (Å²) in [6.45, 7) is 2.01. The van der Waals surface area contributed by atoms with E-state index in [1.54, 1.807) is 0 Å². The van der Waals surface area contributed by atoms with E-state index in [4.69, 9.17) is 0 Å². The number of nitrogens with zero attached hydrogens (tertiary/aromatic N) is 1. The van der Waals surface area contributed by atoms with Crippen molar-refractivity contribution in [2.45, 2.75) is 0 Å². The third-order valence-electron chi connectivity index (χ3n) is 1.30. The fraction of sp³-hybridized carbons (Fsp3) is 0.400. The van der Waals surface area contributed by atoms with E-state index in [2.05, 4.69) is 15.0 Å². The largest absolute Gasteiger partial charge is 0.380 e. The number of fused-ring (bicyclic) bond motifs is 1. The molecule has 2 heterocycles. The maximum atomic E-state index is 4.02. The molecule has 0 spiro atoms. The molecule has 0 amide bonds. The number of nitrogens with one attached hydrogen (secondary N) is 2. The Balaban J connectivity index is 2.39. The zero-order valence-electron chi connectivity index (χ0n) is 4.85. The van der Waals surface area contributed by atoms with Crippen LogP contribution in [0.2, 0.25) is 0 Å². The number of aromatic nitrogens is 1. The van der Waals surface area contributed by atoms with Crippen LogP contribution in [0.3, 0.4) is 0 Å². The molecule has 2 N–H and O–H groups in total. The Bertz CT molecular complexity index is 187. The Morgan fingerprint density at radius 1 is 1.44 bits per heavy atom. The standard InChI is InChI=1S/C5H7N3S/c1-2-7-5-4(6-1)3-8-9-5/h3,6-7H,1-2H2. The Morgan fingerprint density at radius 3 is 3.22 bits per heavy atom. The molecule has 0 aromatic carbocycles. The lowest BCUT2D eigenvalue weighted by molar-refractivity contribution is 1.06. The van der Waals surface area contributed by atoms with E-state index in [9.17, 15) is 0 Å². The molecule has 48 valence electrons. The molecule has 4 heteroatoms. The molecule has 3 nitrogen and oxygen atoms in total. The molecule has 0 saturated carbocycles. The predicted octanol–water partition coefficient (Wildman–Crippen LogP) is 0.980. The molecule has 0 unspecified atom stereocenters. The van der Waals surface area contributed by atoms with Gasteiger partial charge in [-0.3, -0.25) is 0 Å². The second kappa shape index (κ2) is 1.88. The van der Waals surface area contributed by atoms with Gasteiger partial charge in [-0.05, 0) is 11.5 Å². The van der Waals surface area contributed by atoms with Gasteiger partial charge < -0.3 is 10.6 Å². The average Bonchev–Trinajstić information content (AvgIpc) is 2.33. The van der Waals surface area contributed by atoms with Gasteiger partial charge in [-0.25, -0.2) is 0 Å². The van der Waals surface area contributed by atoms with Gasteiger partial charge in [0.05, 0.1) is 11.9 Å². The quantitative estimate of drug-likeness (QED) is 0.565. The Hall–Kier alpha value is -0.770. The van der Waals surface area contributed by atoms with Crippen LogP contribution in [0.5, 0.6) is 0 Å². The molecule has 9 heavy (non-hydrogen) atoms. The minimum atomic E-state index is 1.01. The van der Waals surface area contributed by atoms with Crippen LogP contribution in [0.25, 0.3) is 0 Å². The molecule has 0 aliphatic carbocycles. The Labute approximate surface area is 57.3 Å². The number of hydrogen-bond acceptors (Lipinski definition) is 4. The first-order chi connectivity index (χ1) is 4.47. The van der Waals surface area contributed by atoms with Crippen molar-refractivity contribution in [3.8, 4) is 0 Å². The van der Waals surface area contributed by atoms with Crippen molar-refractivity contribution in [1.82, 2.24) is 4.37 Å². The van der Waals surface area contributed by atoms with Crippen LogP contribution in [0.4, 0.5) is 10.7 Å². The van der Waals surface area contributed by atoms with Crippen LogP contribution in [0, 0.1) is 0 Å². The van der Waals surface area contributed by atoms with Crippen molar-refractivity contribution in [2.24, 2.45) is 0 Å². The maximum Gasteiger partial charge on any atom is 0.132 e. The van der Waals surface area contributed by atoms with Crippen molar-refractivity contribution in [2.75, 3.05) is 23.7 Å². The van der Waals surface area contributed by atoms with Gasteiger partial charge in [0, 0.05) is 13.1 Å². The Kier molecular flexibility index (Phi) is 1.05. The van der Waals surface area contributed by atoms with Crippen LogP contribution in [0.15, 0.2) is 6.20 Å². The lowest BCUT2D eigenvalue weighted by atomic mass is 10.4. The van der Waals surface area contributed by atoms with Crippen molar-refractivity contribution in [3.05, 3.63) is 6.20 Å². The minimum Gasteiger partial charge on any atom is -0.380 e. The van der Waals surface area contributed by atoms with Gasteiger partial charge in [-0.2, -0.15) is 4.37 Å². The van der Waals surface area contributed by atoms with E-state index in [-0.39, 0.29) is 0 Å². The SMILES string of the molecule is c1nsc2c1NCCN2. The highest BCUT2D eigenvalue weighted by atomic mass is 32.1. The maximum absolute atomic E-state index is 4.02. The lowest BCUT2D eigenvalue weighted by Crippen LogP contribution is -2.18. The van der Waals surface area contributed by atoms with E-state index in [0.717, 1.165) is 18.8 Å². The van der Waals surface area contributed by atoms with Crippen molar-refractivity contribution >= 4 is 22.2 Å².